The molecule has 220 valence electrons. The minimum Gasteiger partial charge on any atom is -0.481 e. The number of carbonyl (C=O) groups excluding carboxylic acids is 1. The Morgan fingerprint density at radius 2 is 0.865 bits per heavy atom. The Kier molecular flexibility index (Phi) is 28.7. The van der Waals surface area contributed by atoms with Crippen LogP contribution >= 0.6 is 0 Å². The first-order valence-electron chi connectivity index (χ1n) is 16.5. The molecule has 0 radical (unpaired) electrons. The molecule has 0 rings (SSSR count). The minimum absolute atomic E-state index is 0.0146. The Balaban J connectivity index is 3.42. The minimum atomic E-state index is -0.670. The van der Waals surface area contributed by atoms with Crippen molar-refractivity contribution in [2.24, 2.45) is 0 Å². The summed E-state index contributed by atoms with van der Waals surface area (Å²) in [6, 6.07) is 0. The van der Waals surface area contributed by atoms with Crippen LogP contribution in [0.4, 0.5) is 0 Å². The van der Waals surface area contributed by atoms with Crippen molar-refractivity contribution in [3.05, 3.63) is 0 Å². The lowest BCUT2D eigenvalue weighted by Gasteiger charge is -2.16. The maximum Gasteiger partial charge on any atom is 0.306 e. The molecule has 0 aliphatic carbocycles. The molecule has 0 aromatic rings. The van der Waals surface area contributed by atoms with Gasteiger partial charge in [-0.2, -0.15) is 0 Å². The van der Waals surface area contributed by atoms with Crippen LogP contribution in [0.5, 0.6) is 0 Å². The predicted octanol–water partition coefficient (Wildman–Crippen LogP) is 10.9. The molecule has 1 unspecified atom stereocenters. The van der Waals surface area contributed by atoms with Crippen molar-refractivity contribution < 1.29 is 19.4 Å². The number of carboxylic acid groups (broad SMARTS) is 1. The van der Waals surface area contributed by atoms with Gasteiger partial charge in [-0.15, -0.1) is 0 Å². The van der Waals surface area contributed by atoms with Gasteiger partial charge in [-0.1, -0.05) is 149 Å². The molecule has 0 saturated carbocycles. The van der Waals surface area contributed by atoms with E-state index in [-0.39, 0.29) is 12.1 Å². The molecule has 1 atom stereocenters. The first-order chi connectivity index (χ1) is 18.1. The van der Waals surface area contributed by atoms with E-state index >= 15 is 0 Å². The van der Waals surface area contributed by atoms with Gasteiger partial charge in [-0.05, 0) is 32.1 Å². The number of esters is 1. The second-order valence-corrected chi connectivity index (χ2v) is 11.3. The molecule has 0 aromatic heterocycles. The fraction of sp³-hybridized carbons (Fsp3) is 0.939. The van der Waals surface area contributed by atoms with Crippen molar-refractivity contribution in [1.82, 2.24) is 0 Å². The molecule has 0 heterocycles. The van der Waals surface area contributed by atoms with E-state index in [0.29, 0.717) is 12.8 Å². The molecular formula is C33H64O4. The third-order valence-electron chi connectivity index (χ3n) is 7.65. The molecule has 4 heteroatoms. The number of aliphatic carboxylic acids is 1. The van der Waals surface area contributed by atoms with Crippen LogP contribution in [-0.2, 0) is 14.3 Å². The highest BCUT2D eigenvalue weighted by atomic mass is 16.5. The summed E-state index contributed by atoms with van der Waals surface area (Å²) >= 11 is 0. The number of ether oxygens (including phenoxy) is 1. The van der Waals surface area contributed by atoms with E-state index in [1.54, 1.807) is 0 Å². The zero-order valence-electron chi connectivity index (χ0n) is 25.0. The molecule has 0 amide bonds. The summed E-state index contributed by atoms with van der Waals surface area (Å²) in [5.41, 5.74) is 0. The Morgan fingerprint density at radius 3 is 1.24 bits per heavy atom. The number of hydrogen-bond acceptors (Lipinski definition) is 3. The summed E-state index contributed by atoms with van der Waals surface area (Å²) in [6.45, 7) is 4.41. The average Bonchev–Trinajstić information content (AvgIpc) is 2.88. The topological polar surface area (TPSA) is 63.6 Å². The Labute approximate surface area is 231 Å². The molecule has 0 saturated heterocycles. The maximum absolute atomic E-state index is 12.2. The van der Waals surface area contributed by atoms with E-state index in [9.17, 15) is 9.59 Å². The van der Waals surface area contributed by atoms with E-state index in [0.717, 1.165) is 38.5 Å². The van der Waals surface area contributed by atoms with Gasteiger partial charge < -0.3 is 9.84 Å². The summed E-state index contributed by atoms with van der Waals surface area (Å²) in [6.07, 6.45) is 33.3. The van der Waals surface area contributed by atoms with Gasteiger partial charge in [-0.3, -0.25) is 9.59 Å². The number of carbonyl (C=O) groups is 2. The fourth-order valence-electron chi connectivity index (χ4n) is 5.12. The number of carboxylic acids is 1. The van der Waals surface area contributed by atoms with E-state index in [2.05, 4.69) is 13.8 Å². The van der Waals surface area contributed by atoms with Crippen molar-refractivity contribution in [2.75, 3.05) is 0 Å². The van der Waals surface area contributed by atoms with Crippen LogP contribution in [0.15, 0.2) is 0 Å². The lowest BCUT2D eigenvalue weighted by Crippen LogP contribution is -2.17. The highest BCUT2D eigenvalue weighted by molar-refractivity contribution is 5.69. The van der Waals surface area contributed by atoms with Gasteiger partial charge in [0.05, 0.1) is 0 Å². The zero-order valence-corrected chi connectivity index (χ0v) is 25.0. The standard InChI is InChI=1S/C33H64O4/c1-3-5-6-7-8-9-10-15-18-21-24-27-30-33(36)37-31(4-2)28-25-22-19-16-13-11-12-14-17-20-23-26-29-32(34)35/h31H,3-30H2,1-2H3,(H,34,35). The Morgan fingerprint density at radius 1 is 0.514 bits per heavy atom. The van der Waals surface area contributed by atoms with Crippen molar-refractivity contribution in [2.45, 2.75) is 200 Å². The SMILES string of the molecule is CCCCCCCCCCCCCCC(=O)OC(CC)CCCCCCCCCCCCCCC(=O)O. The highest BCUT2D eigenvalue weighted by Gasteiger charge is 2.12. The van der Waals surface area contributed by atoms with Crippen molar-refractivity contribution in [1.29, 1.82) is 0 Å². The molecule has 37 heavy (non-hydrogen) atoms. The van der Waals surface area contributed by atoms with Crippen LogP contribution in [0, 0.1) is 0 Å². The van der Waals surface area contributed by atoms with E-state index < -0.39 is 5.97 Å². The Hall–Kier alpha value is -1.06. The lowest BCUT2D eigenvalue weighted by molar-refractivity contribution is -0.149. The molecule has 4 nitrogen and oxygen atoms in total. The monoisotopic (exact) mass is 524 g/mol. The molecule has 1 N–H and O–H groups in total. The quantitative estimate of drug-likeness (QED) is 0.0749. The van der Waals surface area contributed by atoms with E-state index in [4.69, 9.17) is 9.84 Å². The summed E-state index contributed by atoms with van der Waals surface area (Å²) in [7, 11) is 0. The zero-order chi connectivity index (χ0) is 27.2. The predicted molar refractivity (Wildman–Crippen MR) is 158 cm³/mol. The summed E-state index contributed by atoms with van der Waals surface area (Å²) in [4.78, 5) is 22.7. The van der Waals surface area contributed by atoms with Gasteiger partial charge in [0.25, 0.3) is 0 Å². The molecule has 0 spiro atoms. The molecule has 0 fully saturated rings. The third kappa shape index (κ3) is 29.4. The second kappa shape index (κ2) is 29.5. The first-order valence-corrected chi connectivity index (χ1v) is 16.5. The number of hydrogen-bond donors (Lipinski definition) is 1. The third-order valence-corrected chi connectivity index (χ3v) is 7.65. The number of rotatable bonds is 30. The summed E-state index contributed by atoms with van der Waals surface area (Å²) in [5.74, 6) is -0.655. The van der Waals surface area contributed by atoms with E-state index in [1.165, 1.54) is 128 Å². The molecule has 0 bridgehead atoms. The Bertz CT molecular complexity index is 491. The van der Waals surface area contributed by atoms with Gasteiger partial charge >= 0.3 is 11.9 Å². The van der Waals surface area contributed by atoms with Crippen molar-refractivity contribution in [3.63, 3.8) is 0 Å². The van der Waals surface area contributed by atoms with Crippen LogP contribution in [0.3, 0.4) is 0 Å². The van der Waals surface area contributed by atoms with E-state index in [1.807, 2.05) is 0 Å². The molecule has 0 aromatic carbocycles. The van der Waals surface area contributed by atoms with Gasteiger partial charge in [0, 0.05) is 12.8 Å². The van der Waals surface area contributed by atoms with Gasteiger partial charge in [-0.25, -0.2) is 0 Å². The lowest BCUT2D eigenvalue weighted by atomic mass is 10.0. The summed E-state index contributed by atoms with van der Waals surface area (Å²) in [5, 5.41) is 8.63. The molecule has 0 aliphatic rings. The van der Waals surface area contributed by atoms with Gasteiger partial charge in [0.15, 0.2) is 0 Å². The van der Waals surface area contributed by atoms with Gasteiger partial charge in [0.1, 0.15) is 6.10 Å². The highest BCUT2D eigenvalue weighted by Crippen LogP contribution is 2.17. The first kappa shape index (κ1) is 35.9. The van der Waals surface area contributed by atoms with Crippen LogP contribution in [0.1, 0.15) is 194 Å². The van der Waals surface area contributed by atoms with Crippen molar-refractivity contribution in [3.8, 4) is 0 Å². The number of unbranched alkanes of at least 4 members (excludes halogenated alkanes) is 22. The smallest absolute Gasteiger partial charge is 0.306 e. The maximum atomic E-state index is 12.2. The molecular weight excluding hydrogens is 460 g/mol. The fourth-order valence-corrected chi connectivity index (χ4v) is 5.12. The van der Waals surface area contributed by atoms with Gasteiger partial charge in [0.2, 0.25) is 0 Å². The van der Waals surface area contributed by atoms with Crippen LogP contribution in [-0.4, -0.2) is 23.1 Å². The van der Waals surface area contributed by atoms with Crippen molar-refractivity contribution >= 4 is 11.9 Å². The van der Waals surface area contributed by atoms with Crippen LogP contribution in [0.25, 0.3) is 0 Å². The summed E-state index contributed by atoms with van der Waals surface area (Å²) < 4.78 is 5.75. The largest absolute Gasteiger partial charge is 0.481 e. The normalized spacial score (nSPS) is 12.1. The average molecular weight is 525 g/mol. The van der Waals surface area contributed by atoms with Crippen LogP contribution < -0.4 is 0 Å². The second-order valence-electron chi connectivity index (χ2n) is 11.3. The molecule has 0 aliphatic heterocycles. The van der Waals surface area contributed by atoms with Crippen LogP contribution in [0.2, 0.25) is 0 Å².